The van der Waals surface area contributed by atoms with E-state index in [-0.39, 0.29) is 5.91 Å². The Hall–Kier alpha value is -1.30. The number of amides is 3. The summed E-state index contributed by atoms with van der Waals surface area (Å²) >= 11 is 0. The van der Waals surface area contributed by atoms with Crippen molar-refractivity contribution in [3.05, 3.63) is 0 Å². The third kappa shape index (κ3) is 3.37. The summed E-state index contributed by atoms with van der Waals surface area (Å²) in [4.78, 5) is 24.3. The zero-order chi connectivity index (χ0) is 12.1. The van der Waals surface area contributed by atoms with Crippen molar-refractivity contribution in [2.75, 3.05) is 20.1 Å². The molecule has 0 aromatic carbocycles. The van der Waals surface area contributed by atoms with Crippen molar-refractivity contribution in [1.29, 1.82) is 0 Å². The maximum atomic E-state index is 11.9. The molecule has 0 aromatic heterocycles. The van der Waals surface area contributed by atoms with Crippen LogP contribution in [0.4, 0.5) is 4.79 Å². The number of urea groups is 1. The molecule has 0 aliphatic carbocycles. The molecule has 6 heteroatoms. The molecule has 2 unspecified atom stereocenters. The third-order valence-corrected chi connectivity index (χ3v) is 2.87. The first-order chi connectivity index (χ1) is 7.54. The molecule has 0 aromatic rings. The highest BCUT2D eigenvalue weighted by atomic mass is 16.2. The van der Waals surface area contributed by atoms with Crippen molar-refractivity contribution in [3.63, 3.8) is 0 Å². The topological polar surface area (TPSA) is 87.5 Å². The number of piperidine rings is 1. The van der Waals surface area contributed by atoms with E-state index in [1.165, 1.54) is 0 Å². The van der Waals surface area contributed by atoms with Gasteiger partial charge in [-0.2, -0.15) is 0 Å². The van der Waals surface area contributed by atoms with Gasteiger partial charge in [-0.1, -0.05) is 0 Å². The van der Waals surface area contributed by atoms with Gasteiger partial charge in [0.1, 0.15) is 6.04 Å². The number of hydrogen-bond donors (Lipinski definition) is 3. The van der Waals surface area contributed by atoms with Gasteiger partial charge in [0.25, 0.3) is 0 Å². The van der Waals surface area contributed by atoms with Crippen molar-refractivity contribution in [2.45, 2.75) is 31.8 Å². The lowest BCUT2D eigenvalue weighted by atomic mass is 10.1. The van der Waals surface area contributed by atoms with Crippen molar-refractivity contribution < 1.29 is 9.59 Å². The number of nitrogens with zero attached hydrogens (tertiary/aromatic N) is 1. The zero-order valence-electron chi connectivity index (χ0n) is 9.82. The van der Waals surface area contributed by atoms with Crippen LogP contribution in [-0.4, -0.2) is 49.1 Å². The van der Waals surface area contributed by atoms with Gasteiger partial charge in [-0.15, -0.1) is 0 Å². The number of primary amides is 1. The first-order valence-corrected chi connectivity index (χ1v) is 5.56. The largest absolute Gasteiger partial charge is 0.352 e. The van der Waals surface area contributed by atoms with Gasteiger partial charge in [-0.25, -0.2) is 4.79 Å². The number of carbonyl (C=O) groups excluding carboxylic acids is 2. The first-order valence-electron chi connectivity index (χ1n) is 5.56. The lowest BCUT2D eigenvalue weighted by molar-refractivity contribution is -0.134. The number of likely N-dealkylation sites (N-methyl/N-ethyl adjacent to an activating group) is 1. The van der Waals surface area contributed by atoms with Crippen molar-refractivity contribution in [2.24, 2.45) is 5.73 Å². The minimum Gasteiger partial charge on any atom is -0.352 e. The number of carbonyl (C=O) groups is 2. The molecule has 6 nitrogen and oxygen atoms in total. The Morgan fingerprint density at radius 3 is 2.75 bits per heavy atom. The van der Waals surface area contributed by atoms with Crippen LogP contribution in [0.25, 0.3) is 0 Å². The van der Waals surface area contributed by atoms with Gasteiger partial charge in [0.15, 0.2) is 0 Å². The summed E-state index contributed by atoms with van der Waals surface area (Å²) in [5.41, 5.74) is 4.98. The summed E-state index contributed by atoms with van der Waals surface area (Å²) in [6.45, 7) is 3.10. The van der Waals surface area contributed by atoms with Gasteiger partial charge in [-0.05, 0) is 26.8 Å². The lowest BCUT2D eigenvalue weighted by Crippen LogP contribution is -2.53. The van der Waals surface area contributed by atoms with E-state index in [1.807, 2.05) is 7.05 Å². The van der Waals surface area contributed by atoms with Gasteiger partial charge in [-0.3, -0.25) is 4.79 Å². The summed E-state index contributed by atoms with van der Waals surface area (Å²) in [6.07, 6.45) is 2.07. The quantitative estimate of drug-likeness (QED) is 0.594. The molecule has 0 radical (unpaired) electrons. The summed E-state index contributed by atoms with van der Waals surface area (Å²) in [5, 5.41) is 5.56. The van der Waals surface area contributed by atoms with Crippen LogP contribution in [0.1, 0.15) is 19.8 Å². The Balaban J connectivity index is 2.49. The van der Waals surface area contributed by atoms with E-state index in [9.17, 15) is 9.59 Å². The van der Waals surface area contributed by atoms with Gasteiger partial charge < -0.3 is 21.3 Å². The van der Waals surface area contributed by atoms with Crippen molar-refractivity contribution in [3.8, 4) is 0 Å². The first kappa shape index (κ1) is 12.8. The highest BCUT2D eigenvalue weighted by Gasteiger charge is 2.26. The molecule has 0 bridgehead atoms. The summed E-state index contributed by atoms with van der Waals surface area (Å²) < 4.78 is 0. The molecule has 1 saturated heterocycles. The smallest absolute Gasteiger partial charge is 0.312 e. The van der Waals surface area contributed by atoms with Crippen LogP contribution in [-0.2, 0) is 4.79 Å². The van der Waals surface area contributed by atoms with Gasteiger partial charge >= 0.3 is 6.03 Å². The molecular formula is C10H20N4O2. The fourth-order valence-electron chi connectivity index (χ4n) is 1.96. The summed E-state index contributed by atoms with van der Waals surface area (Å²) in [6, 6.07) is -0.866. The molecule has 16 heavy (non-hydrogen) atoms. The summed E-state index contributed by atoms with van der Waals surface area (Å²) in [7, 11) is 1.89. The van der Waals surface area contributed by atoms with Gasteiger partial charge in [0.2, 0.25) is 5.91 Å². The monoisotopic (exact) mass is 228 g/mol. The Bertz CT molecular complexity index is 270. The van der Waals surface area contributed by atoms with Crippen LogP contribution in [0.3, 0.4) is 0 Å². The highest BCUT2D eigenvalue weighted by Crippen LogP contribution is 2.10. The van der Waals surface area contributed by atoms with Crippen LogP contribution >= 0.6 is 0 Å². The number of hydrogen-bond acceptors (Lipinski definition) is 3. The van der Waals surface area contributed by atoms with E-state index in [1.54, 1.807) is 11.8 Å². The van der Waals surface area contributed by atoms with Gasteiger partial charge in [0, 0.05) is 19.1 Å². The molecule has 0 saturated carbocycles. The van der Waals surface area contributed by atoms with Crippen LogP contribution in [0.15, 0.2) is 0 Å². The number of rotatable bonds is 3. The van der Waals surface area contributed by atoms with Crippen LogP contribution in [0, 0.1) is 0 Å². The van der Waals surface area contributed by atoms with E-state index in [2.05, 4.69) is 10.6 Å². The molecule has 0 spiro atoms. The molecule has 1 rings (SSSR count). The second-order valence-corrected chi connectivity index (χ2v) is 4.14. The SMILES string of the molecule is CNC1CCCN(C(=O)C(C)NC(N)=O)C1. The van der Waals surface area contributed by atoms with E-state index in [4.69, 9.17) is 5.73 Å². The van der Waals surface area contributed by atoms with E-state index >= 15 is 0 Å². The average Bonchev–Trinajstić information content (AvgIpc) is 2.27. The number of likely N-dealkylation sites (tertiary alicyclic amines) is 1. The third-order valence-electron chi connectivity index (χ3n) is 2.87. The second kappa shape index (κ2) is 5.69. The van der Waals surface area contributed by atoms with Crippen molar-refractivity contribution >= 4 is 11.9 Å². The predicted octanol–water partition coefficient (Wildman–Crippen LogP) is -0.746. The lowest BCUT2D eigenvalue weighted by Gasteiger charge is -2.34. The van der Waals surface area contributed by atoms with E-state index in [0.29, 0.717) is 12.6 Å². The maximum absolute atomic E-state index is 11.9. The normalized spacial score (nSPS) is 22.6. The fourth-order valence-corrected chi connectivity index (χ4v) is 1.96. The molecule has 1 heterocycles. The molecule has 2 atom stereocenters. The summed E-state index contributed by atoms with van der Waals surface area (Å²) in [5.74, 6) is -0.0706. The minimum absolute atomic E-state index is 0.0706. The highest BCUT2D eigenvalue weighted by molar-refractivity contribution is 5.86. The van der Waals surface area contributed by atoms with E-state index < -0.39 is 12.1 Å². The Kier molecular flexibility index (Phi) is 4.54. The Labute approximate surface area is 95.5 Å². The average molecular weight is 228 g/mol. The number of nitrogens with one attached hydrogen (secondary N) is 2. The molecule has 1 aliphatic heterocycles. The van der Waals surface area contributed by atoms with Gasteiger partial charge in [0.05, 0.1) is 0 Å². The molecule has 3 amide bonds. The maximum Gasteiger partial charge on any atom is 0.312 e. The number of nitrogens with two attached hydrogens (primary N) is 1. The standard InChI is InChI=1S/C10H20N4O2/c1-7(13-10(11)16)9(15)14-5-3-4-8(6-14)12-2/h7-8,12H,3-6H2,1-2H3,(H3,11,13,16). The molecule has 1 fully saturated rings. The molecule has 4 N–H and O–H groups in total. The van der Waals surface area contributed by atoms with Crippen LogP contribution < -0.4 is 16.4 Å². The van der Waals surface area contributed by atoms with Crippen LogP contribution in [0.2, 0.25) is 0 Å². The second-order valence-electron chi connectivity index (χ2n) is 4.14. The minimum atomic E-state index is -0.664. The zero-order valence-corrected chi connectivity index (χ0v) is 9.82. The van der Waals surface area contributed by atoms with E-state index in [0.717, 1.165) is 19.4 Å². The predicted molar refractivity (Wildman–Crippen MR) is 60.8 cm³/mol. The van der Waals surface area contributed by atoms with Crippen LogP contribution in [0.5, 0.6) is 0 Å². The molecule has 92 valence electrons. The Morgan fingerprint density at radius 2 is 2.19 bits per heavy atom. The molecular weight excluding hydrogens is 208 g/mol. The fraction of sp³-hybridized carbons (Fsp3) is 0.800. The van der Waals surface area contributed by atoms with Crippen molar-refractivity contribution in [1.82, 2.24) is 15.5 Å². The molecule has 1 aliphatic rings. The Morgan fingerprint density at radius 1 is 1.50 bits per heavy atom.